The van der Waals surface area contributed by atoms with E-state index >= 15 is 0 Å². The Balaban J connectivity index is 1.88. The Labute approximate surface area is 175 Å². The number of para-hydroxylation sites is 1. The number of nitrogens with zero attached hydrogens (tertiary/aromatic N) is 3. The van der Waals surface area contributed by atoms with Crippen molar-refractivity contribution in [2.75, 3.05) is 20.1 Å². The van der Waals surface area contributed by atoms with E-state index in [1.54, 1.807) is 49.3 Å². The van der Waals surface area contributed by atoms with Crippen molar-refractivity contribution in [1.29, 1.82) is 0 Å². The fourth-order valence-corrected chi connectivity index (χ4v) is 5.68. The van der Waals surface area contributed by atoms with Crippen molar-refractivity contribution in [3.05, 3.63) is 59.1 Å². The Morgan fingerprint density at radius 3 is 2.45 bits per heavy atom. The first kappa shape index (κ1) is 21.4. The van der Waals surface area contributed by atoms with Gasteiger partial charge in [0.25, 0.3) is 5.91 Å². The third-order valence-corrected chi connectivity index (χ3v) is 8.25. The molecule has 1 heterocycles. The number of hydrogen-bond acceptors (Lipinski definition) is 5. The molecule has 0 aliphatic rings. The van der Waals surface area contributed by atoms with Crippen molar-refractivity contribution in [1.82, 2.24) is 14.2 Å². The lowest BCUT2D eigenvalue weighted by molar-refractivity contribution is 0.0742. The number of benzene rings is 2. The van der Waals surface area contributed by atoms with Gasteiger partial charge in [-0.05, 0) is 37.3 Å². The van der Waals surface area contributed by atoms with Gasteiger partial charge in [0.1, 0.15) is 5.01 Å². The predicted molar refractivity (Wildman–Crippen MR) is 117 cm³/mol. The molecule has 1 aromatic heterocycles. The zero-order valence-electron chi connectivity index (χ0n) is 17.0. The molecule has 0 spiro atoms. The molecule has 0 unspecified atom stereocenters. The number of carbonyl (C=O) groups excluding carboxylic acids is 1. The van der Waals surface area contributed by atoms with Gasteiger partial charge in [-0.2, -0.15) is 4.31 Å². The Morgan fingerprint density at radius 2 is 1.79 bits per heavy atom. The zero-order chi connectivity index (χ0) is 21.2. The van der Waals surface area contributed by atoms with Gasteiger partial charge < -0.3 is 4.90 Å². The highest BCUT2D eigenvalue weighted by Gasteiger charge is 2.25. The summed E-state index contributed by atoms with van der Waals surface area (Å²) in [5.74, 6) is -0.242. The van der Waals surface area contributed by atoms with Crippen molar-refractivity contribution in [2.24, 2.45) is 0 Å². The molecule has 29 heavy (non-hydrogen) atoms. The number of carbonyl (C=O) groups is 1. The molecule has 0 N–H and O–H groups in total. The highest BCUT2D eigenvalue weighted by Crippen LogP contribution is 2.29. The second-order valence-corrected chi connectivity index (χ2v) is 9.73. The van der Waals surface area contributed by atoms with Crippen LogP contribution in [0.25, 0.3) is 10.2 Å². The standard InChI is InChI=1S/C21H25N3O3S2/c1-5-24(6-2)29(26,27)17-11-9-10-16(14-17)21(25)23(4)15(3)20-22-18-12-7-8-13-19(18)28-20/h7-15H,5-6H2,1-4H3/t15-/m1/s1. The molecule has 1 atom stereocenters. The summed E-state index contributed by atoms with van der Waals surface area (Å²) in [4.78, 5) is 19.4. The predicted octanol–water partition coefficient (Wildman–Crippen LogP) is 4.16. The van der Waals surface area contributed by atoms with Crippen LogP contribution in [0.3, 0.4) is 0 Å². The number of aromatic nitrogens is 1. The molecule has 154 valence electrons. The summed E-state index contributed by atoms with van der Waals surface area (Å²) in [7, 11) is -1.91. The van der Waals surface area contributed by atoms with E-state index in [0.29, 0.717) is 18.7 Å². The second-order valence-electron chi connectivity index (χ2n) is 6.73. The van der Waals surface area contributed by atoms with Crippen LogP contribution >= 0.6 is 11.3 Å². The minimum absolute atomic E-state index is 0.132. The molecule has 0 saturated carbocycles. The maximum absolute atomic E-state index is 13.1. The Bertz CT molecular complexity index is 1090. The topological polar surface area (TPSA) is 70.6 Å². The largest absolute Gasteiger partial charge is 0.333 e. The van der Waals surface area contributed by atoms with Crippen LogP contribution in [0.4, 0.5) is 0 Å². The molecule has 0 saturated heterocycles. The monoisotopic (exact) mass is 431 g/mol. The SMILES string of the molecule is CCN(CC)S(=O)(=O)c1cccc(C(=O)N(C)[C@H](C)c2nc3ccccc3s2)c1. The van der Waals surface area contributed by atoms with Crippen LogP contribution in [0.5, 0.6) is 0 Å². The van der Waals surface area contributed by atoms with E-state index in [4.69, 9.17) is 0 Å². The van der Waals surface area contributed by atoms with Gasteiger partial charge in [-0.1, -0.05) is 32.0 Å². The highest BCUT2D eigenvalue weighted by atomic mass is 32.2. The molecule has 1 amide bonds. The zero-order valence-corrected chi connectivity index (χ0v) is 18.6. The van der Waals surface area contributed by atoms with Crippen molar-refractivity contribution < 1.29 is 13.2 Å². The average Bonchev–Trinajstić information content (AvgIpc) is 3.17. The molecule has 6 nitrogen and oxygen atoms in total. The molecule has 3 rings (SSSR count). The second kappa shape index (κ2) is 8.61. The Morgan fingerprint density at radius 1 is 1.10 bits per heavy atom. The number of amides is 1. The minimum atomic E-state index is -3.62. The van der Waals surface area contributed by atoms with Gasteiger partial charge in [0.05, 0.1) is 21.2 Å². The molecule has 0 radical (unpaired) electrons. The molecule has 0 fully saturated rings. The number of rotatable bonds is 7. The summed E-state index contributed by atoms with van der Waals surface area (Å²) in [6, 6.07) is 13.9. The average molecular weight is 432 g/mol. The van der Waals surface area contributed by atoms with Gasteiger partial charge in [-0.3, -0.25) is 4.79 Å². The van der Waals surface area contributed by atoms with Crippen molar-refractivity contribution >= 4 is 37.5 Å². The van der Waals surface area contributed by atoms with Gasteiger partial charge in [0.15, 0.2) is 0 Å². The lowest BCUT2D eigenvalue weighted by atomic mass is 10.2. The van der Waals surface area contributed by atoms with E-state index in [1.165, 1.54) is 16.4 Å². The minimum Gasteiger partial charge on any atom is -0.333 e. The summed E-state index contributed by atoms with van der Waals surface area (Å²) in [6.45, 7) is 6.27. The molecule has 0 bridgehead atoms. The van der Waals surface area contributed by atoms with Crippen LogP contribution in [-0.4, -0.2) is 48.7 Å². The highest BCUT2D eigenvalue weighted by molar-refractivity contribution is 7.89. The van der Waals surface area contributed by atoms with Gasteiger partial charge in [-0.25, -0.2) is 13.4 Å². The summed E-state index contributed by atoms with van der Waals surface area (Å²) in [5, 5.41) is 0.842. The van der Waals surface area contributed by atoms with Crippen molar-refractivity contribution in [2.45, 2.75) is 31.7 Å². The first-order chi connectivity index (χ1) is 13.8. The first-order valence-corrected chi connectivity index (χ1v) is 11.8. The fourth-order valence-electron chi connectivity index (χ4n) is 3.12. The maximum Gasteiger partial charge on any atom is 0.254 e. The fraction of sp³-hybridized carbons (Fsp3) is 0.333. The van der Waals surface area contributed by atoms with E-state index < -0.39 is 10.0 Å². The summed E-state index contributed by atoms with van der Waals surface area (Å²) < 4.78 is 28.0. The molecular formula is C21H25N3O3S2. The molecule has 3 aromatic rings. The quantitative estimate of drug-likeness (QED) is 0.563. The molecule has 8 heteroatoms. The molecular weight excluding hydrogens is 406 g/mol. The van der Waals surface area contributed by atoms with Crippen LogP contribution in [-0.2, 0) is 10.0 Å². The normalized spacial score (nSPS) is 13.0. The Hall–Kier alpha value is -2.29. The lowest BCUT2D eigenvalue weighted by Gasteiger charge is -2.24. The summed E-state index contributed by atoms with van der Waals surface area (Å²) in [6.07, 6.45) is 0. The number of hydrogen-bond donors (Lipinski definition) is 0. The third-order valence-electron chi connectivity index (χ3n) is 4.99. The van der Waals surface area contributed by atoms with Crippen LogP contribution in [0.15, 0.2) is 53.4 Å². The van der Waals surface area contributed by atoms with E-state index in [0.717, 1.165) is 15.2 Å². The number of fused-ring (bicyclic) bond motifs is 1. The Kier molecular flexibility index (Phi) is 6.36. The van der Waals surface area contributed by atoms with Crippen LogP contribution < -0.4 is 0 Å². The first-order valence-electron chi connectivity index (χ1n) is 9.52. The molecule has 2 aromatic carbocycles. The van der Waals surface area contributed by atoms with Gasteiger partial charge in [-0.15, -0.1) is 11.3 Å². The maximum atomic E-state index is 13.1. The van der Waals surface area contributed by atoms with E-state index in [1.807, 2.05) is 31.2 Å². The van der Waals surface area contributed by atoms with Crippen LogP contribution in [0.1, 0.15) is 42.2 Å². The van der Waals surface area contributed by atoms with Crippen molar-refractivity contribution in [3.63, 3.8) is 0 Å². The molecule has 0 aliphatic carbocycles. The van der Waals surface area contributed by atoms with Crippen LogP contribution in [0, 0.1) is 0 Å². The van der Waals surface area contributed by atoms with E-state index in [2.05, 4.69) is 4.98 Å². The van der Waals surface area contributed by atoms with Crippen LogP contribution in [0.2, 0.25) is 0 Å². The number of thiazole rings is 1. The van der Waals surface area contributed by atoms with E-state index in [-0.39, 0.29) is 16.8 Å². The van der Waals surface area contributed by atoms with Gasteiger partial charge >= 0.3 is 0 Å². The van der Waals surface area contributed by atoms with E-state index in [9.17, 15) is 13.2 Å². The summed E-state index contributed by atoms with van der Waals surface area (Å²) >= 11 is 1.56. The molecule has 0 aliphatic heterocycles. The smallest absolute Gasteiger partial charge is 0.254 e. The number of sulfonamides is 1. The van der Waals surface area contributed by atoms with Crippen molar-refractivity contribution in [3.8, 4) is 0 Å². The lowest BCUT2D eigenvalue weighted by Crippen LogP contribution is -2.32. The van der Waals surface area contributed by atoms with Gasteiger partial charge in [0, 0.05) is 25.7 Å². The summed E-state index contributed by atoms with van der Waals surface area (Å²) in [5.41, 5.74) is 1.25. The third kappa shape index (κ3) is 4.19. The van der Waals surface area contributed by atoms with Gasteiger partial charge in [0.2, 0.25) is 10.0 Å².